The molecule has 3 heterocycles. The molecule has 1 aliphatic heterocycles. The number of pyridine rings is 1. The first-order valence-electron chi connectivity index (χ1n) is 10.4. The van der Waals surface area contributed by atoms with E-state index in [9.17, 15) is 0 Å². The Morgan fingerprint density at radius 3 is 2.79 bits per heavy atom. The number of aryl methyl sites for hydroxylation is 3. The molecule has 28 heavy (non-hydrogen) atoms. The van der Waals surface area contributed by atoms with Crippen molar-refractivity contribution < 1.29 is 0 Å². The van der Waals surface area contributed by atoms with Gasteiger partial charge in [0.1, 0.15) is 5.82 Å². The second kappa shape index (κ2) is 9.37. The van der Waals surface area contributed by atoms with E-state index in [2.05, 4.69) is 31.2 Å². The lowest BCUT2D eigenvalue weighted by Crippen LogP contribution is -2.52. The Kier molecular flexibility index (Phi) is 6.41. The van der Waals surface area contributed by atoms with Crippen molar-refractivity contribution in [1.29, 1.82) is 0 Å². The van der Waals surface area contributed by atoms with E-state index in [1.165, 1.54) is 41.3 Å². The second-order valence-electron chi connectivity index (χ2n) is 7.42. The van der Waals surface area contributed by atoms with Crippen molar-refractivity contribution in [2.75, 3.05) is 44.7 Å². The molecular formula is C21H30N6S. The van der Waals surface area contributed by atoms with Gasteiger partial charge in [0, 0.05) is 57.3 Å². The Bertz CT molecular complexity index is 756. The summed E-state index contributed by atoms with van der Waals surface area (Å²) in [5.74, 6) is 2.08. The van der Waals surface area contributed by atoms with Crippen LogP contribution in [0.3, 0.4) is 0 Å². The van der Waals surface area contributed by atoms with Gasteiger partial charge in [0.2, 0.25) is 0 Å². The molecule has 0 unspecified atom stereocenters. The van der Waals surface area contributed by atoms with Crippen LogP contribution in [-0.4, -0.2) is 60.6 Å². The van der Waals surface area contributed by atoms with Crippen molar-refractivity contribution in [3.8, 4) is 0 Å². The molecule has 1 fully saturated rings. The number of anilines is 1. The summed E-state index contributed by atoms with van der Waals surface area (Å²) in [6, 6.07) is 6.10. The van der Waals surface area contributed by atoms with E-state index in [0.717, 1.165) is 57.3 Å². The highest BCUT2D eigenvalue weighted by molar-refractivity contribution is 7.11. The SMILES string of the molecule is CN=C(NCCCc1nc2c(s1)CCCC2)N1CCN(c2ccccn2)CC1. The molecule has 0 aromatic carbocycles. The molecule has 0 bridgehead atoms. The van der Waals surface area contributed by atoms with Gasteiger partial charge in [-0.2, -0.15) is 0 Å². The summed E-state index contributed by atoms with van der Waals surface area (Å²) in [6.45, 7) is 4.83. The molecule has 1 N–H and O–H groups in total. The maximum absolute atomic E-state index is 4.85. The Labute approximate surface area is 171 Å². The predicted molar refractivity (Wildman–Crippen MR) is 116 cm³/mol. The molecule has 7 heteroatoms. The summed E-state index contributed by atoms with van der Waals surface area (Å²) in [5, 5.41) is 4.86. The zero-order valence-corrected chi connectivity index (χ0v) is 17.5. The van der Waals surface area contributed by atoms with Crippen molar-refractivity contribution >= 4 is 23.1 Å². The smallest absolute Gasteiger partial charge is 0.193 e. The van der Waals surface area contributed by atoms with E-state index in [-0.39, 0.29) is 0 Å². The minimum absolute atomic E-state index is 0.942. The number of piperazine rings is 1. The first kappa shape index (κ1) is 19.2. The van der Waals surface area contributed by atoms with Gasteiger partial charge in [-0.3, -0.25) is 4.99 Å². The number of hydrogen-bond donors (Lipinski definition) is 1. The van der Waals surface area contributed by atoms with Gasteiger partial charge in [-0.1, -0.05) is 6.07 Å². The summed E-state index contributed by atoms with van der Waals surface area (Å²) in [7, 11) is 1.88. The fourth-order valence-electron chi connectivity index (χ4n) is 3.97. The van der Waals surface area contributed by atoms with Crippen LogP contribution in [0, 0.1) is 0 Å². The molecule has 0 atom stereocenters. The highest BCUT2D eigenvalue weighted by atomic mass is 32.1. The van der Waals surface area contributed by atoms with Crippen LogP contribution in [0.1, 0.15) is 34.8 Å². The number of nitrogens with zero attached hydrogens (tertiary/aromatic N) is 5. The molecule has 0 spiro atoms. The molecule has 0 radical (unpaired) electrons. The Hall–Kier alpha value is -2.15. The summed E-state index contributed by atoms with van der Waals surface area (Å²) >= 11 is 1.94. The molecular weight excluding hydrogens is 368 g/mol. The van der Waals surface area contributed by atoms with Crippen molar-refractivity contribution in [2.24, 2.45) is 4.99 Å². The number of rotatable bonds is 5. The first-order chi connectivity index (χ1) is 13.8. The Morgan fingerprint density at radius 2 is 2.04 bits per heavy atom. The minimum Gasteiger partial charge on any atom is -0.356 e. The van der Waals surface area contributed by atoms with Crippen LogP contribution in [-0.2, 0) is 19.3 Å². The van der Waals surface area contributed by atoms with Crippen LogP contribution in [0.5, 0.6) is 0 Å². The van der Waals surface area contributed by atoms with Crippen LogP contribution in [0.15, 0.2) is 29.4 Å². The largest absolute Gasteiger partial charge is 0.356 e. The Morgan fingerprint density at radius 1 is 1.18 bits per heavy atom. The number of hydrogen-bond acceptors (Lipinski definition) is 5. The zero-order chi connectivity index (χ0) is 19.2. The zero-order valence-electron chi connectivity index (χ0n) is 16.7. The summed E-state index contributed by atoms with van der Waals surface area (Å²) in [6.07, 6.45) is 9.08. The molecule has 1 saturated heterocycles. The number of guanidine groups is 1. The van der Waals surface area contributed by atoms with Crippen molar-refractivity contribution in [3.63, 3.8) is 0 Å². The Balaban J connectivity index is 1.20. The van der Waals surface area contributed by atoms with Gasteiger partial charge in [0.05, 0.1) is 10.7 Å². The lowest BCUT2D eigenvalue weighted by molar-refractivity contribution is 0.371. The third-order valence-electron chi connectivity index (χ3n) is 5.50. The number of thiazole rings is 1. The summed E-state index contributed by atoms with van der Waals surface area (Å²) in [4.78, 5) is 20.0. The summed E-state index contributed by atoms with van der Waals surface area (Å²) < 4.78 is 0. The maximum atomic E-state index is 4.85. The van der Waals surface area contributed by atoms with E-state index >= 15 is 0 Å². The van der Waals surface area contributed by atoms with Gasteiger partial charge >= 0.3 is 0 Å². The van der Waals surface area contributed by atoms with E-state index in [4.69, 9.17) is 4.98 Å². The van der Waals surface area contributed by atoms with Gasteiger partial charge in [0.25, 0.3) is 0 Å². The van der Waals surface area contributed by atoms with E-state index in [1.54, 1.807) is 0 Å². The highest BCUT2D eigenvalue weighted by Crippen LogP contribution is 2.27. The fraction of sp³-hybridized carbons (Fsp3) is 0.571. The fourth-order valence-corrected chi connectivity index (χ4v) is 5.17. The molecule has 1 aliphatic carbocycles. The van der Waals surface area contributed by atoms with Crippen LogP contribution >= 0.6 is 11.3 Å². The molecule has 2 aliphatic rings. The van der Waals surface area contributed by atoms with Gasteiger partial charge in [-0.25, -0.2) is 9.97 Å². The maximum Gasteiger partial charge on any atom is 0.193 e. The van der Waals surface area contributed by atoms with Crippen LogP contribution < -0.4 is 10.2 Å². The van der Waals surface area contributed by atoms with Gasteiger partial charge in [0.15, 0.2) is 5.96 Å². The molecule has 2 aromatic rings. The monoisotopic (exact) mass is 398 g/mol. The third kappa shape index (κ3) is 4.63. The van der Waals surface area contributed by atoms with Gasteiger partial charge < -0.3 is 15.1 Å². The molecule has 6 nitrogen and oxygen atoms in total. The first-order valence-corrected chi connectivity index (χ1v) is 11.2. The lowest BCUT2D eigenvalue weighted by atomic mass is 10.0. The topological polar surface area (TPSA) is 56.7 Å². The molecule has 4 rings (SSSR count). The molecule has 150 valence electrons. The molecule has 2 aromatic heterocycles. The highest BCUT2D eigenvalue weighted by Gasteiger charge is 2.20. The minimum atomic E-state index is 0.942. The third-order valence-corrected chi connectivity index (χ3v) is 6.72. The van der Waals surface area contributed by atoms with Crippen LogP contribution in [0.2, 0.25) is 0 Å². The van der Waals surface area contributed by atoms with Crippen LogP contribution in [0.4, 0.5) is 5.82 Å². The van der Waals surface area contributed by atoms with Crippen molar-refractivity contribution in [2.45, 2.75) is 38.5 Å². The van der Waals surface area contributed by atoms with Gasteiger partial charge in [-0.15, -0.1) is 11.3 Å². The quantitative estimate of drug-likeness (QED) is 0.477. The van der Waals surface area contributed by atoms with Crippen molar-refractivity contribution in [1.82, 2.24) is 20.2 Å². The van der Waals surface area contributed by atoms with E-state index in [0.29, 0.717) is 0 Å². The van der Waals surface area contributed by atoms with Crippen LogP contribution in [0.25, 0.3) is 0 Å². The number of aliphatic imine (C=N–C) groups is 1. The predicted octanol–water partition coefficient (Wildman–Crippen LogP) is 2.75. The average molecular weight is 399 g/mol. The normalized spacial score (nSPS) is 17.5. The van der Waals surface area contributed by atoms with Gasteiger partial charge in [-0.05, 0) is 44.2 Å². The van der Waals surface area contributed by atoms with E-state index < -0.39 is 0 Å². The lowest BCUT2D eigenvalue weighted by Gasteiger charge is -2.37. The standard InChI is InChI=1S/C21H30N6S/c1-22-21(27-15-13-26(14-16-27)19-9-4-5-11-23-19)24-12-6-10-20-25-17-7-2-3-8-18(17)28-20/h4-5,9,11H,2-3,6-8,10,12-16H2,1H3,(H,22,24). The van der Waals surface area contributed by atoms with E-state index in [1.807, 2.05) is 36.7 Å². The molecule has 0 amide bonds. The number of fused-ring (bicyclic) bond motifs is 1. The molecule has 0 saturated carbocycles. The summed E-state index contributed by atoms with van der Waals surface area (Å²) in [5.41, 5.74) is 1.38. The number of nitrogens with one attached hydrogen (secondary N) is 1. The van der Waals surface area contributed by atoms with Crippen molar-refractivity contribution in [3.05, 3.63) is 40.0 Å². The number of aromatic nitrogens is 2. The average Bonchev–Trinajstić information content (AvgIpc) is 3.17. The second-order valence-corrected chi connectivity index (χ2v) is 8.59.